The predicted molar refractivity (Wildman–Crippen MR) is 66.6 cm³/mol. The molecular formula is C12H19N5. The summed E-state index contributed by atoms with van der Waals surface area (Å²) in [4.78, 5) is 0. The van der Waals surface area contributed by atoms with Crippen LogP contribution in [0.2, 0.25) is 0 Å². The first-order chi connectivity index (χ1) is 8.16. The Balaban J connectivity index is 1.85. The van der Waals surface area contributed by atoms with Crippen molar-refractivity contribution in [2.24, 2.45) is 7.05 Å². The summed E-state index contributed by atoms with van der Waals surface area (Å²) in [5.74, 6) is 0. The summed E-state index contributed by atoms with van der Waals surface area (Å²) in [6.45, 7) is 5.99. The fourth-order valence-corrected chi connectivity index (χ4v) is 1.98. The lowest BCUT2D eigenvalue weighted by Gasteiger charge is -2.12. The molecule has 1 N–H and O–H groups in total. The highest BCUT2D eigenvalue weighted by Crippen LogP contribution is 2.14. The Labute approximate surface area is 101 Å². The molecule has 0 radical (unpaired) electrons. The van der Waals surface area contributed by atoms with E-state index in [1.165, 1.54) is 5.56 Å². The van der Waals surface area contributed by atoms with Gasteiger partial charge in [-0.2, -0.15) is 10.2 Å². The lowest BCUT2D eigenvalue weighted by atomic mass is 10.1. The van der Waals surface area contributed by atoms with Crippen molar-refractivity contribution in [3.8, 4) is 0 Å². The van der Waals surface area contributed by atoms with Crippen LogP contribution in [0.1, 0.15) is 24.2 Å². The lowest BCUT2D eigenvalue weighted by Crippen LogP contribution is -2.23. The molecule has 2 aromatic heterocycles. The molecule has 5 heteroatoms. The zero-order chi connectivity index (χ0) is 12.3. The second-order valence-corrected chi connectivity index (χ2v) is 4.29. The molecule has 1 atom stereocenters. The van der Waals surface area contributed by atoms with Crippen LogP contribution in [0.3, 0.4) is 0 Å². The van der Waals surface area contributed by atoms with Crippen molar-refractivity contribution >= 4 is 0 Å². The van der Waals surface area contributed by atoms with Crippen molar-refractivity contribution in [2.75, 3.05) is 6.54 Å². The Morgan fingerprint density at radius 3 is 2.88 bits per heavy atom. The van der Waals surface area contributed by atoms with Crippen LogP contribution in [-0.4, -0.2) is 26.1 Å². The molecule has 5 nitrogen and oxygen atoms in total. The van der Waals surface area contributed by atoms with Crippen LogP contribution < -0.4 is 5.32 Å². The minimum Gasteiger partial charge on any atom is -0.308 e. The molecule has 0 saturated carbocycles. The van der Waals surface area contributed by atoms with E-state index in [1.54, 1.807) is 6.20 Å². The van der Waals surface area contributed by atoms with Crippen LogP contribution in [-0.2, 0) is 13.6 Å². The highest BCUT2D eigenvalue weighted by molar-refractivity contribution is 5.19. The summed E-state index contributed by atoms with van der Waals surface area (Å²) in [5.41, 5.74) is 2.35. The van der Waals surface area contributed by atoms with Gasteiger partial charge in [-0.3, -0.25) is 9.36 Å². The highest BCUT2D eigenvalue weighted by atomic mass is 15.3. The third-order valence-corrected chi connectivity index (χ3v) is 2.87. The van der Waals surface area contributed by atoms with E-state index in [1.807, 2.05) is 35.6 Å². The Morgan fingerprint density at radius 1 is 1.47 bits per heavy atom. The predicted octanol–water partition coefficient (Wildman–Crippen LogP) is 1.28. The van der Waals surface area contributed by atoms with E-state index < -0.39 is 0 Å². The summed E-state index contributed by atoms with van der Waals surface area (Å²) in [6.07, 6.45) is 5.84. The molecule has 2 heterocycles. The Hall–Kier alpha value is -1.62. The Bertz CT molecular complexity index is 457. The Morgan fingerprint density at radius 2 is 2.29 bits per heavy atom. The molecule has 1 unspecified atom stereocenters. The Kier molecular flexibility index (Phi) is 3.58. The number of nitrogens with one attached hydrogen (secondary N) is 1. The number of aromatic nitrogens is 4. The summed E-state index contributed by atoms with van der Waals surface area (Å²) in [7, 11) is 1.95. The molecule has 0 aliphatic rings. The van der Waals surface area contributed by atoms with Gasteiger partial charge in [0.25, 0.3) is 0 Å². The lowest BCUT2D eigenvalue weighted by molar-refractivity contribution is 0.506. The molecular weight excluding hydrogens is 214 g/mol. The molecule has 92 valence electrons. The first-order valence-electron chi connectivity index (χ1n) is 5.88. The van der Waals surface area contributed by atoms with Crippen LogP contribution >= 0.6 is 0 Å². The van der Waals surface area contributed by atoms with Crippen molar-refractivity contribution in [1.29, 1.82) is 0 Å². The smallest absolute Gasteiger partial charge is 0.0641 e. The minimum absolute atomic E-state index is 0.319. The van der Waals surface area contributed by atoms with Gasteiger partial charge in [0.05, 0.1) is 12.2 Å². The maximum Gasteiger partial charge on any atom is 0.0641 e. The van der Waals surface area contributed by atoms with Crippen LogP contribution in [0.15, 0.2) is 24.7 Å². The van der Waals surface area contributed by atoms with Gasteiger partial charge in [-0.1, -0.05) is 0 Å². The standard InChI is InChI=1S/C12H19N5/c1-10(12-9-16(3)15-11(12)2)13-6-8-17-7-4-5-14-17/h4-5,7,9-10,13H,6,8H2,1-3H3. The van der Waals surface area contributed by atoms with Gasteiger partial charge in [-0.25, -0.2) is 0 Å². The second-order valence-electron chi connectivity index (χ2n) is 4.29. The summed E-state index contributed by atoms with van der Waals surface area (Å²) in [5, 5.41) is 12.0. The third-order valence-electron chi connectivity index (χ3n) is 2.87. The molecule has 0 fully saturated rings. The highest BCUT2D eigenvalue weighted by Gasteiger charge is 2.10. The SMILES string of the molecule is Cc1nn(C)cc1C(C)NCCn1cccn1. The van der Waals surface area contributed by atoms with Gasteiger partial charge in [0.2, 0.25) is 0 Å². The average molecular weight is 233 g/mol. The molecule has 2 aromatic rings. The fourth-order valence-electron chi connectivity index (χ4n) is 1.98. The van der Waals surface area contributed by atoms with E-state index in [9.17, 15) is 0 Å². The fraction of sp³-hybridized carbons (Fsp3) is 0.500. The number of hydrogen-bond donors (Lipinski definition) is 1. The van der Waals surface area contributed by atoms with Gasteiger partial charge in [0.15, 0.2) is 0 Å². The number of nitrogens with zero attached hydrogens (tertiary/aromatic N) is 4. The molecule has 0 amide bonds. The quantitative estimate of drug-likeness (QED) is 0.846. The molecule has 0 aliphatic carbocycles. The normalized spacial score (nSPS) is 12.9. The molecule has 0 bridgehead atoms. The van der Waals surface area contributed by atoms with Crippen molar-refractivity contribution in [3.05, 3.63) is 35.9 Å². The number of hydrogen-bond acceptors (Lipinski definition) is 3. The molecule has 2 rings (SSSR count). The molecule has 0 aliphatic heterocycles. The van der Waals surface area contributed by atoms with Gasteiger partial charge in [-0.05, 0) is 19.9 Å². The van der Waals surface area contributed by atoms with Crippen LogP contribution in [0, 0.1) is 6.92 Å². The van der Waals surface area contributed by atoms with Crippen molar-refractivity contribution in [2.45, 2.75) is 26.4 Å². The first-order valence-corrected chi connectivity index (χ1v) is 5.88. The second kappa shape index (κ2) is 5.14. The van der Waals surface area contributed by atoms with E-state index in [0.29, 0.717) is 6.04 Å². The van der Waals surface area contributed by atoms with E-state index in [4.69, 9.17) is 0 Å². The van der Waals surface area contributed by atoms with Crippen molar-refractivity contribution in [3.63, 3.8) is 0 Å². The van der Waals surface area contributed by atoms with Gasteiger partial charge in [0.1, 0.15) is 0 Å². The first kappa shape index (κ1) is 11.9. The third kappa shape index (κ3) is 2.94. The van der Waals surface area contributed by atoms with Crippen LogP contribution in [0.25, 0.3) is 0 Å². The van der Waals surface area contributed by atoms with Gasteiger partial charge >= 0.3 is 0 Å². The maximum atomic E-state index is 4.35. The zero-order valence-corrected chi connectivity index (χ0v) is 10.6. The number of aryl methyl sites for hydroxylation is 2. The zero-order valence-electron chi connectivity index (χ0n) is 10.6. The summed E-state index contributed by atoms with van der Waals surface area (Å²) < 4.78 is 3.78. The maximum absolute atomic E-state index is 4.35. The topological polar surface area (TPSA) is 47.7 Å². The van der Waals surface area contributed by atoms with Gasteiger partial charge in [-0.15, -0.1) is 0 Å². The molecule has 0 aromatic carbocycles. The number of rotatable bonds is 5. The van der Waals surface area contributed by atoms with Gasteiger partial charge < -0.3 is 5.32 Å². The molecule has 0 spiro atoms. The minimum atomic E-state index is 0.319. The van der Waals surface area contributed by atoms with Gasteiger partial charge in [0, 0.05) is 43.8 Å². The van der Waals surface area contributed by atoms with Crippen LogP contribution in [0.5, 0.6) is 0 Å². The van der Waals surface area contributed by atoms with Crippen LogP contribution in [0.4, 0.5) is 0 Å². The van der Waals surface area contributed by atoms with E-state index in [-0.39, 0.29) is 0 Å². The van der Waals surface area contributed by atoms with E-state index >= 15 is 0 Å². The van der Waals surface area contributed by atoms with E-state index in [0.717, 1.165) is 18.8 Å². The van der Waals surface area contributed by atoms with Crippen molar-refractivity contribution < 1.29 is 0 Å². The summed E-state index contributed by atoms with van der Waals surface area (Å²) >= 11 is 0. The van der Waals surface area contributed by atoms with Crippen molar-refractivity contribution in [1.82, 2.24) is 24.9 Å². The molecule has 0 saturated heterocycles. The summed E-state index contributed by atoms with van der Waals surface area (Å²) in [6, 6.07) is 2.26. The molecule has 17 heavy (non-hydrogen) atoms. The van der Waals surface area contributed by atoms with E-state index in [2.05, 4.69) is 28.6 Å². The monoisotopic (exact) mass is 233 g/mol. The average Bonchev–Trinajstić information content (AvgIpc) is 2.88. The largest absolute Gasteiger partial charge is 0.308 e.